The maximum Gasteiger partial charge on any atom is 1.00 e. The molecule has 0 fully saturated rings. The molecule has 1 atom stereocenters. The minimum Gasteiger partial charge on any atom is -0.597 e. The van der Waals surface area contributed by atoms with Crippen molar-refractivity contribution in [2.24, 2.45) is 0 Å². The third-order valence-corrected chi connectivity index (χ3v) is 10.2. The van der Waals surface area contributed by atoms with Crippen LogP contribution < -0.4 is 34.5 Å². The molecule has 0 bridgehead atoms. The molecule has 1 unspecified atom stereocenters. The summed E-state index contributed by atoms with van der Waals surface area (Å²) in [6.45, 7) is 10.5. The van der Waals surface area contributed by atoms with Crippen molar-refractivity contribution < 1.29 is 58.2 Å². The van der Waals surface area contributed by atoms with Crippen molar-refractivity contribution in [2.45, 2.75) is 207 Å². The summed E-state index contributed by atoms with van der Waals surface area (Å²) in [5, 5.41) is 0. The predicted molar refractivity (Wildman–Crippen MR) is 204 cm³/mol. The molecular formula is C38H82NaO6P2+. The summed E-state index contributed by atoms with van der Waals surface area (Å²) in [6.07, 6.45) is 41.3. The molecule has 0 rings (SSSR count). The average molecular weight is 720 g/mol. The van der Waals surface area contributed by atoms with E-state index in [1.807, 2.05) is 6.08 Å². The fraction of sp³-hybridized carbons (Fsp3) is 0.947. The number of hydrogen-bond donors (Lipinski definition) is 1. The fourth-order valence-electron chi connectivity index (χ4n) is 5.23. The van der Waals surface area contributed by atoms with E-state index in [1.54, 1.807) is 0 Å². The Labute approximate surface area is 318 Å². The summed E-state index contributed by atoms with van der Waals surface area (Å²) in [7, 11) is -1.34. The van der Waals surface area contributed by atoms with Crippen LogP contribution in [-0.2, 0) is 18.9 Å². The standard InChI is InChI=1S/C24H51O2P.C12H24.C2H6O2.Na.HO2P/c1-3-5-7-9-11-13-15-17-19-21-23-27(25,26)24-22-20-18-16-14-12-10-8-6-4-2;1-3-5-7-9-11-12-10-8-6-4-2;1-3-4-2;;1-3-2/h3-24H2,1-2H3,(H,25,26);3H,1,4-12H2,2H3;1-2H3;;3H/q;;;+1;. The maximum atomic E-state index is 12.2. The largest absolute Gasteiger partial charge is 1.00 e. The van der Waals surface area contributed by atoms with Crippen LogP contribution in [0.25, 0.3) is 0 Å². The Morgan fingerprint density at radius 2 is 0.766 bits per heavy atom. The second-order valence-corrected chi connectivity index (χ2v) is 15.4. The molecular weight excluding hydrogens is 637 g/mol. The first-order valence-corrected chi connectivity index (χ1v) is 22.2. The molecule has 0 radical (unpaired) electrons. The van der Waals surface area contributed by atoms with Gasteiger partial charge in [-0.25, -0.2) is 9.78 Å². The first-order chi connectivity index (χ1) is 22.4. The topological polar surface area (TPSA) is 95.9 Å². The van der Waals surface area contributed by atoms with Crippen molar-refractivity contribution >= 4 is 16.1 Å². The van der Waals surface area contributed by atoms with E-state index in [1.165, 1.54) is 175 Å². The van der Waals surface area contributed by atoms with Gasteiger partial charge in [0.1, 0.15) is 0 Å². The van der Waals surface area contributed by atoms with Gasteiger partial charge in [0.25, 0.3) is 8.69 Å². The van der Waals surface area contributed by atoms with Crippen LogP contribution in [-0.4, -0.2) is 31.4 Å². The molecule has 6 nitrogen and oxygen atoms in total. The summed E-state index contributed by atoms with van der Waals surface area (Å²) >= 11 is 0. The molecule has 0 aliphatic rings. The van der Waals surface area contributed by atoms with Gasteiger partial charge in [-0.05, 0) is 25.7 Å². The van der Waals surface area contributed by atoms with Crippen LogP contribution in [0.5, 0.6) is 0 Å². The molecule has 280 valence electrons. The zero-order chi connectivity index (χ0) is 35.2. The Morgan fingerprint density at radius 3 is 0.979 bits per heavy atom. The van der Waals surface area contributed by atoms with E-state index >= 15 is 0 Å². The van der Waals surface area contributed by atoms with Crippen LogP contribution in [0, 0.1) is 0 Å². The molecule has 0 aromatic carbocycles. The summed E-state index contributed by atoms with van der Waals surface area (Å²) in [4.78, 5) is 26.6. The molecule has 0 saturated heterocycles. The number of unbranched alkanes of at least 4 members (excludes halogenated alkanes) is 26. The second-order valence-electron chi connectivity index (χ2n) is 12.6. The Morgan fingerprint density at radius 1 is 0.553 bits per heavy atom. The van der Waals surface area contributed by atoms with Crippen molar-refractivity contribution in [2.75, 3.05) is 26.5 Å². The minimum atomic E-state index is -2.84. The summed E-state index contributed by atoms with van der Waals surface area (Å²) < 4.78 is 20.6. The van der Waals surface area contributed by atoms with Crippen LogP contribution in [0.2, 0.25) is 0 Å². The van der Waals surface area contributed by atoms with E-state index in [2.05, 4.69) is 37.1 Å². The first-order valence-electron chi connectivity index (χ1n) is 19.3. The van der Waals surface area contributed by atoms with Crippen molar-refractivity contribution in [3.8, 4) is 0 Å². The molecule has 0 spiro atoms. The quantitative estimate of drug-likeness (QED) is 0.0186. The summed E-state index contributed by atoms with van der Waals surface area (Å²) in [6, 6.07) is 0. The molecule has 0 aliphatic heterocycles. The second kappa shape index (κ2) is 56.3. The van der Waals surface area contributed by atoms with Crippen LogP contribution >= 0.6 is 16.1 Å². The SMILES string of the molecule is C=CCCCCCCCCCC.CCCCCCCCCCCCP(=O)(O)CCCCCCCCCCCC.COOC.O=[PH+][O-].[Na+]. The van der Waals surface area contributed by atoms with E-state index in [-0.39, 0.29) is 29.6 Å². The Bertz CT molecular complexity index is 554. The van der Waals surface area contributed by atoms with Gasteiger partial charge in [-0.2, -0.15) is 0 Å². The third-order valence-electron chi connectivity index (χ3n) is 8.15. The molecule has 0 heterocycles. The number of rotatable bonds is 32. The molecule has 0 aromatic heterocycles. The average Bonchev–Trinajstić information content (AvgIpc) is 3.05. The van der Waals surface area contributed by atoms with E-state index in [0.29, 0.717) is 12.3 Å². The van der Waals surface area contributed by atoms with Gasteiger partial charge in [0.15, 0.2) is 0 Å². The smallest absolute Gasteiger partial charge is 0.597 e. The Hall–Kier alpha value is 0.910. The van der Waals surface area contributed by atoms with E-state index < -0.39 is 16.1 Å². The van der Waals surface area contributed by atoms with Crippen molar-refractivity contribution in [1.29, 1.82) is 0 Å². The molecule has 0 aromatic rings. The molecule has 0 aliphatic carbocycles. The summed E-state index contributed by atoms with van der Waals surface area (Å²) in [5.74, 6) is 0. The van der Waals surface area contributed by atoms with Crippen molar-refractivity contribution in [3.63, 3.8) is 0 Å². The summed E-state index contributed by atoms with van der Waals surface area (Å²) in [5.41, 5.74) is 0. The van der Waals surface area contributed by atoms with E-state index in [0.717, 1.165) is 25.7 Å². The molecule has 1 N–H and O–H groups in total. The third kappa shape index (κ3) is 69.4. The van der Waals surface area contributed by atoms with Gasteiger partial charge < -0.3 is 9.79 Å². The van der Waals surface area contributed by atoms with Gasteiger partial charge in [-0.15, -0.1) is 6.58 Å². The van der Waals surface area contributed by atoms with Crippen LogP contribution in [0.3, 0.4) is 0 Å². The zero-order valence-corrected chi connectivity index (χ0v) is 36.5. The van der Waals surface area contributed by atoms with Crippen LogP contribution in [0.15, 0.2) is 12.7 Å². The van der Waals surface area contributed by atoms with Crippen molar-refractivity contribution in [1.82, 2.24) is 0 Å². The first kappa shape index (κ1) is 57.3. The molecule has 0 saturated carbocycles. The van der Waals surface area contributed by atoms with Gasteiger partial charge >= 0.3 is 29.6 Å². The Kier molecular flexibility index (Phi) is 68.6. The van der Waals surface area contributed by atoms with Crippen LogP contribution in [0.4, 0.5) is 0 Å². The van der Waals surface area contributed by atoms with Gasteiger partial charge in [-0.3, -0.25) is 4.57 Å². The van der Waals surface area contributed by atoms with Crippen LogP contribution in [0.1, 0.15) is 207 Å². The fourth-order valence-corrected chi connectivity index (χ4v) is 6.89. The van der Waals surface area contributed by atoms with Gasteiger partial charge in [-0.1, -0.05) is 192 Å². The minimum absolute atomic E-state index is 0. The van der Waals surface area contributed by atoms with Crippen molar-refractivity contribution in [3.05, 3.63) is 12.7 Å². The zero-order valence-electron chi connectivity index (χ0n) is 32.6. The van der Waals surface area contributed by atoms with E-state index in [9.17, 15) is 9.46 Å². The molecule has 0 amide bonds. The van der Waals surface area contributed by atoms with E-state index in [4.69, 9.17) is 9.46 Å². The van der Waals surface area contributed by atoms with Gasteiger partial charge in [0.05, 0.1) is 14.2 Å². The predicted octanol–water partition coefficient (Wildman–Crippen LogP) is 10.3. The number of hydrogen-bond acceptors (Lipinski definition) is 5. The van der Waals surface area contributed by atoms with Gasteiger partial charge in [0.2, 0.25) is 7.37 Å². The monoisotopic (exact) mass is 720 g/mol. The molecule has 47 heavy (non-hydrogen) atoms. The number of allylic oxidation sites excluding steroid dienone is 1. The maximum absolute atomic E-state index is 12.2. The normalized spacial score (nSPS) is 10.5. The van der Waals surface area contributed by atoms with Gasteiger partial charge in [0, 0.05) is 12.3 Å². The Balaban J connectivity index is -0.000000242. The molecule has 9 heteroatoms.